The monoisotopic (exact) mass is 246 g/mol. The molecule has 0 aliphatic heterocycles. The number of hydrogen-bond donors (Lipinski definition) is 3. The zero-order valence-electron chi connectivity index (χ0n) is 10.8. The number of para-hydroxylation sites is 1. The number of carboxylic acids is 1. The van der Waals surface area contributed by atoms with Gasteiger partial charge in [0.1, 0.15) is 6.04 Å². The molecule has 1 aromatic carbocycles. The number of carbonyl (C=O) groups is 1. The van der Waals surface area contributed by atoms with Crippen molar-refractivity contribution in [1.82, 2.24) is 4.98 Å². The third kappa shape index (κ3) is 2.77. The fourth-order valence-corrected chi connectivity index (χ4v) is 1.62. The number of nitrogens with one attached hydrogen (secondary N) is 1. The van der Waals surface area contributed by atoms with Gasteiger partial charge in [0.15, 0.2) is 0 Å². The average molecular weight is 246 g/mol. The maximum absolute atomic E-state index is 10.6. The first kappa shape index (κ1) is 13.5. The molecule has 16 heavy (non-hydrogen) atoms. The number of fused-ring (bicyclic) bond motifs is 1. The van der Waals surface area contributed by atoms with E-state index in [1.54, 1.807) is 0 Å². The first-order valence-electron chi connectivity index (χ1n) is 4.72. The standard InChI is InChI=1S/C11H12N2O2.Ca.2H/c12-9(11(14)15)5-7-6-13-10-4-2-1-3-8(7)10;;;/h1-4,6,9,13H,5,12H2,(H,14,15);;;/q;+2;2*-1. The predicted molar refractivity (Wildman–Crippen MR) is 65.6 cm³/mol. The Labute approximate surface area is 126 Å². The molecule has 0 spiro atoms. The van der Waals surface area contributed by atoms with Gasteiger partial charge < -0.3 is 18.7 Å². The molecule has 1 atom stereocenters. The minimum atomic E-state index is -0.972. The van der Waals surface area contributed by atoms with Crippen LogP contribution in [-0.4, -0.2) is 59.8 Å². The van der Waals surface area contributed by atoms with Crippen LogP contribution in [0.25, 0.3) is 10.9 Å². The molecule has 0 radical (unpaired) electrons. The predicted octanol–water partition coefficient (Wildman–Crippen LogP) is 0.967. The molecule has 0 aliphatic rings. The number of aromatic amines is 1. The van der Waals surface area contributed by atoms with Crippen molar-refractivity contribution in [2.75, 3.05) is 0 Å². The molecule has 0 saturated carbocycles. The van der Waals surface area contributed by atoms with Gasteiger partial charge in [-0.1, -0.05) is 18.2 Å². The van der Waals surface area contributed by atoms with E-state index in [4.69, 9.17) is 10.8 Å². The zero-order valence-corrected chi connectivity index (χ0v) is 11.0. The van der Waals surface area contributed by atoms with Crippen LogP contribution in [0.2, 0.25) is 0 Å². The summed E-state index contributed by atoms with van der Waals surface area (Å²) in [6.07, 6.45) is 2.16. The van der Waals surface area contributed by atoms with E-state index >= 15 is 0 Å². The Balaban J connectivity index is 0. The van der Waals surface area contributed by atoms with Crippen LogP contribution in [0.4, 0.5) is 0 Å². The number of nitrogens with two attached hydrogens (primary N) is 1. The van der Waals surface area contributed by atoms with Crippen molar-refractivity contribution >= 4 is 54.6 Å². The summed E-state index contributed by atoms with van der Waals surface area (Å²) in [5.41, 5.74) is 7.43. The topological polar surface area (TPSA) is 79.1 Å². The Kier molecular flexibility index (Phi) is 4.80. The normalized spacial score (nSPS) is 12.1. The van der Waals surface area contributed by atoms with E-state index < -0.39 is 12.0 Å². The smallest absolute Gasteiger partial charge is 1.00 e. The number of carboxylic acid groups (broad SMARTS) is 1. The van der Waals surface area contributed by atoms with E-state index in [9.17, 15) is 4.79 Å². The van der Waals surface area contributed by atoms with Gasteiger partial charge in [-0.05, 0) is 11.6 Å². The van der Waals surface area contributed by atoms with Gasteiger partial charge in [-0.25, -0.2) is 0 Å². The third-order valence-electron chi connectivity index (χ3n) is 2.43. The fourth-order valence-electron chi connectivity index (χ4n) is 1.62. The molecule has 1 heterocycles. The van der Waals surface area contributed by atoms with E-state index in [2.05, 4.69) is 4.98 Å². The summed E-state index contributed by atoms with van der Waals surface area (Å²) in [6.45, 7) is 0. The molecule has 0 bridgehead atoms. The van der Waals surface area contributed by atoms with Crippen molar-refractivity contribution < 1.29 is 12.8 Å². The average Bonchev–Trinajstić information content (AvgIpc) is 2.62. The van der Waals surface area contributed by atoms with Gasteiger partial charge in [-0.15, -0.1) is 0 Å². The molecule has 2 aromatic rings. The van der Waals surface area contributed by atoms with E-state index in [1.807, 2.05) is 30.5 Å². The molecule has 0 saturated heterocycles. The van der Waals surface area contributed by atoms with Gasteiger partial charge in [-0.3, -0.25) is 4.79 Å². The van der Waals surface area contributed by atoms with Gasteiger partial charge >= 0.3 is 43.7 Å². The van der Waals surface area contributed by atoms with Crippen LogP contribution < -0.4 is 5.73 Å². The van der Waals surface area contributed by atoms with E-state index in [0.29, 0.717) is 6.42 Å². The van der Waals surface area contributed by atoms with Crippen LogP contribution in [0.5, 0.6) is 0 Å². The summed E-state index contributed by atoms with van der Waals surface area (Å²) < 4.78 is 0. The van der Waals surface area contributed by atoms with Crippen molar-refractivity contribution in [2.45, 2.75) is 12.5 Å². The molecule has 2 rings (SSSR count). The molecule has 82 valence electrons. The maximum Gasteiger partial charge on any atom is 2.00 e. The molecule has 1 unspecified atom stereocenters. The summed E-state index contributed by atoms with van der Waals surface area (Å²) >= 11 is 0. The SMILES string of the molecule is NC(Cc1c[nH]c2ccccc12)C(=O)O.[Ca+2].[H-].[H-]. The summed E-state index contributed by atoms with van der Waals surface area (Å²) in [4.78, 5) is 13.7. The maximum atomic E-state index is 10.6. The Morgan fingerprint density at radius 1 is 1.50 bits per heavy atom. The largest absolute Gasteiger partial charge is 2.00 e. The number of aliphatic carboxylic acids is 1. The summed E-state index contributed by atoms with van der Waals surface area (Å²) in [7, 11) is 0. The third-order valence-corrected chi connectivity index (χ3v) is 2.43. The van der Waals surface area contributed by atoms with Gasteiger partial charge in [0.25, 0.3) is 0 Å². The number of rotatable bonds is 3. The van der Waals surface area contributed by atoms with Gasteiger partial charge in [0.2, 0.25) is 0 Å². The van der Waals surface area contributed by atoms with Crippen molar-refractivity contribution in [2.24, 2.45) is 5.73 Å². The van der Waals surface area contributed by atoms with E-state index in [0.717, 1.165) is 16.5 Å². The van der Waals surface area contributed by atoms with Crippen molar-refractivity contribution in [1.29, 1.82) is 0 Å². The second kappa shape index (κ2) is 5.68. The molecule has 0 fully saturated rings. The van der Waals surface area contributed by atoms with Gasteiger partial charge in [0, 0.05) is 23.5 Å². The molecule has 4 N–H and O–H groups in total. The number of hydrogen-bond acceptors (Lipinski definition) is 2. The number of aromatic nitrogens is 1. The van der Waals surface area contributed by atoms with Crippen LogP contribution >= 0.6 is 0 Å². The number of H-pyrrole nitrogens is 1. The van der Waals surface area contributed by atoms with E-state index in [-0.39, 0.29) is 40.6 Å². The van der Waals surface area contributed by atoms with E-state index in [1.165, 1.54) is 0 Å². The molecule has 0 amide bonds. The Bertz CT molecular complexity index is 505. The molecular weight excluding hydrogens is 232 g/mol. The van der Waals surface area contributed by atoms with Crippen LogP contribution in [0.1, 0.15) is 8.42 Å². The summed E-state index contributed by atoms with van der Waals surface area (Å²) in [5, 5.41) is 9.75. The quantitative estimate of drug-likeness (QED) is 0.706. The molecule has 1 aromatic heterocycles. The Morgan fingerprint density at radius 2 is 2.19 bits per heavy atom. The van der Waals surface area contributed by atoms with Gasteiger partial charge in [-0.2, -0.15) is 0 Å². The fraction of sp³-hybridized carbons (Fsp3) is 0.182. The van der Waals surface area contributed by atoms with Crippen LogP contribution in [0.3, 0.4) is 0 Å². The Hall–Kier alpha value is -0.550. The Morgan fingerprint density at radius 3 is 2.88 bits per heavy atom. The van der Waals surface area contributed by atoms with Crippen LogP contribution in [-0.2, 0) is 11.2 Å². The van der Waals surface area contributed by atoms with Crippen molar-refractivity contribution in [3.05, 3.63) is 36.0 Å². The first-order valence-corrected chi connectivity index (χ1v) is 4.72. The van der Waals surface area contributed by atoms with Crippen molar-refractivity contribution in [3.63, 3.8) is 0 Å². The molecule has 0 aliphatic carbocycles. The number of benzene rings is 1. The van der Waals surface area contributed by atoms with Crippen molar-refractivity contribution in [3.8, 4) is 0 Å². The minimum absolute atomic E-state index is 0. The summed E-state index contributed by atoms with van der Waals surface area (Å²) in [5.74, 6) is -0.972. The summed E-state index contributed by atoms with van der Waals surface area (Å²) in [6, 6.07) is 6.91. The molecular formula is C11H14CaN2O2. The van der Waals surface area contributed by atoms with Gasteiger partial charge in [0.05, 0.1) is 0 Å². The molecule has 4 nitrogen and oxygen atoms in total. The van der Waals surface area contributed by atoms with Crippen LogP contribution in [0.15, 0.2) is 30.5 Å². The molecule has 5 heteroatoms. The minimum Gasteiger partial charge on any atom is -1.00 e. The van der Waals surface area contributed by atoms with Crippen LogP contribution in [0, 0.1) is 0 Å². The second-order valence-electron chi connectivity index (χ2n) is 3.51. The first-order chi connectivity index (χ1) is 7.18. The second-order valence-corrected chi connectivity index (χ2v) is 3.51. The zero-order chi connectivity index (χ0) is 10.8.